The quantitative estimate of drug-likeness (QED) is 0.862. The molecule has 1 aromatic carbocycles. The summed E-state index contributed by atoms with van der Waals surface area (Å²) in [5.74, 6) is -0.0498. The van der Waals surface area contributed by atoms with Gasteiger partial charge in [-0.3, -0.25) is 4.79 Å². The van der Waals surface area contributed by atoms with Crippen LogP contribution in [0.25, 0.3) is 5.69 Å². The van der Waals surface area contributed by atoms with Gasteiger partial charge in [0.15, 0.2) is 0 Å². The number of nitrogens with one attached hydrogen (secondary N) is 1. The van der Waals surface area contributed by atoms with Crippen LogP contribution in [0.3, 0.4) is 0 Å². The molecule has 0 fully saturated rings. The van der Waals surface area contributed by atoms with Gasteiger partial charge in [0.2, 0.25) is 5.91 Å². The van der Waals surface area contributed by atoms with Gasteiger partial charge in [0.05, 0.1) is 5.69 Å². The van der Waals surface area contributed by atoms with Gasteiger partial charge in [0.25, 0.3) is 0 Å². The largest absolute Gasteiger partial charge is 0.328 e. The minimum Gasteiger partial charge on any atom is -0.328 e. The van der Waals surface area contributed by atoms with E-state index in [1.807, 2.05) is 25.1 Å². The molecule has 1 atom stereocenters. The summed E-state index contributed by atoms with van der Waals surface area (Å²) in [4.78, 5) is 11.7. The lowest BCUT2D eigenvalue weighted by atomic mass is 10.2. The number of nitrogens with two attached hydrogens (primary N) is 1. The molecule has 1 aromatic heterocycles. The van der Waals surface area contributed by atoms with Crippen LogP contribution in [0.5, 0.6) is 0 Å². The lowest BCUT2D eigenvalue weighted by Gasteiger charge is -2.08. The van der Waals surface area contributed by atoms with E-state index < -0.39 is 0 Å². The van der Waals surface area contributed by atoms with E-state index in [0.29, 0.717) is 18.5 Å². The molecule has 3 N–H and O–H groups in total. The minimum atomic E-state index is -0.0498. The van der Waals surface area contributed by atoms with Crippen molar-refractivity contribution < 1.29 is 4.79 Å². The van der Waals surface area contributed by atoms with Crippen LogP contribution in [-0.2, 0) is 4.79 Å². The third-order valence-corrected chi connectivity index (χ3v) is 2.57. The first kappa shape index (κ1) is 16.1. The van der Waals surface area contributed by atoms with E-state index in [9.17, 15) is 4.79 Å². The van der Waals surface area contributed by atoms with Crippen LogP contribution in [-0.4, -0.2) is 32.2 Å². The summed E-state index contributed by atoms with van der Waals surface area (Å²) in [6.07, 6.45) is 2.57. The Morgan fingerprint density at radius 1 is 1.50 bits per heavy atom. The molecule has 2 aromatic rings. The second kappa shape index (κ2) is 7.56. The molecular formula is C12H17ClN6O. The normalized spacial score (nSPS) is 11.5. The van der Waals surface area contributed by atoms with E-state index in [1.54, 1.807) is 6.07 Å². The fourth-order valence-electron chi connectivity index (χ4n) is 1.59. The van der Waals surface area contributed by atoms with Crippen molar-refractivity contribution in [1.29, 1.82) is 0 Å². The molecule has 20 heavy (non-hydrogen) atoms. The lowest BCUT2D eigenvalue weighted by molar-refractivity contribution is -0.116. The van der Waals surface area contributed by atoms with Crippen LogP contribution >= 0.6 is 12.4 Å². The van der Waals surface area contributed by atoms with Crippen molar-refractivity contribution in [2.45, 2.75) is 25.8 Å². The SMILES string of the molecule is CC(N)CCC(=O)Nc1cccc(-n2cnnn2)c1.Cl. The van der Waals surface area contributed by atoms with Crippen molar-refractivity contribution in [3.8, 4) is 5.69 Å². The number of tetrazole rings is 1. The van der Waals surface area contributed by atoms with Crippen molar-refractivity contribution >= 4 is 24.0 Å². The Labute approximate surface area is 123 Å². The Morgan fingerprint density at radius 3 is 2.95 bits per heavy atom. The second-order valence-corrected chi connectivity index (χ2v) is 4.37. The van der Waals surface area contributed by atoms with Gasteiger partial charge < -0.3 is 11.1 Å². The van der Waals surface area contributed by atoms with Crippen molar-refractivity contribution in [3.05, 3.63) is 30.6 Å². The Bertz CT molecular complexity index is 543. The summed E-state index contributed by atoms with van der Waals surface area (Å²) in [5.41, 5.74) is 7.11. The average Bonchev–Trinajstić information content (AvgIpc) is 2.90. The molecule has 108 valence electrons. The summed E-state index contributed by atoms with van der Waals surface area (Å²) >= 11 is 0. The van der Waals surface area contributed by atoms with E-state index in [1.165, 1.54) is 11.0 Å². The zero-order valence-electron chi connectivity index (χ0n) is 11.1. The first-order valence-corrected chi connectivity index (χ1v) is 6.04. The molecular weight excluding hydrogens is 280 g/mol. The topological polar surface area (TPSA) is 98.7 Å². The molecule has 1 amide bonds. The molecule has 0 aliphatic heterocycles. The smallest absolute Gasteiger partial charge is 0.224 e. The van der Waals surface area contributed by atoms with Gasteiger partial charge in [0.1, 0.15) is 6.33 Å². The highest BCUT2D eigenvalue weighted by molar-refractivity contribution is 5.90. The van der Waals surface area contributed by atoms with Crippen molar-refractivity contribution in [1.82, 2.24) is 20.2 Å². The fraction of sp³-hybridized carbons (Fsp3) is 0.333. The summed E-state index contributed by atoms with van der Waals surface area (Å²) in [5, 5.41) is 13.8. The number of hydrogen-bond acceptors (Lipinski definition) is 5. The fourth-order valence-corrected chi connectivity index (χ4v) is 1.59. The highest BCUT2D eigenvalue weighted by Crippen LogP contribution is 2.13. The predicted octanol–water partition coefficient (Wildman–Crippen LogP) is 1.15. The maximum atomic E-state index is 11.7. The van der Waals surface area contributed by atoms with Gasteiger partial charge in [-0.15, -0.1) is 17.5 Å². The number of carbonyl (C=O) groups is 1. The van der Waals surface area contributed by atoms with Crippen LogP contribution < -0.4 is 11.1 Å². The summed E-state index contributed by atoms with van der Waals surface area (Å²) < 4.78 is 1.53. The van der Waals surface area contributed by atoms with E-state index in [4.69, 9.17) is 5.73 Å². The third-order valence-electron chi connectivity index (χ3n) is 2.57. The Balaban J connectivity index is 0.00000200. The van der Waals surface area contributed by atoms with Crippen molar-refractivity contribution in [2.24, 2.45) is 5.73 Å². The number of benzene rings is 1. The molecule has 0 aliphatic rings. The Kier molecular flexibility index (Phi) is 6.08. The molecule has 0 saturated heterocycles. The molecule has 1 unspecified atom stereocenters. The van der Waals surface area contributed by atoms with Gasteiger partial charge in [-0.1, -0.05) is 6.07 Å². The van der Waals surface area contributed by atoms with E-state index in [0.717, 1.165) is 5.69 Å². The number of amides is 1. The molecule has 0 saturated carbocycles. The number of aromatic nitrogens is 4. The number of hydrogen-bond donors (Lipinski definition) is 2. The zero-order valence-corrected chi connectivity index (χ0v) is 11.9. The van der Waals surface area contributed by atoms with Crippen molar-refractivity contribution in [2.75, 3.05) is 5.32 Å². The van der Waals surface area contributed by atoms with Gasteiger partial charge in [-0.25, -0.2) is 4.68 Å². The molecule has 0 bridgehead atoms. The molecule has 0 spiro atoms. The third kappa shape index (κ3) is 4.60. The highest BCUT2D eigenvalue weighted by atomic mass is 35.5. The molecule has 0 radical (unpaired) electrons. The number of halogens is 1. The predicted molar refractivity (Wildman–Crippen MR) is 77.9 cm³/mol. The molecule has 1 heterocycles. The summed E-state index contributed by atoms with van der Waals surface area (Å²) in [6, 6.07) is 7.34. The number of rotatable bonds is 5. The van der Waals surface area contributed by atoms with Gasteiger partial charge in [0, 0.05) is 18.2 Å². The summed E-state index contributed by atoms with van der Waals surface area (Å²) in [7, 11) is 0. The monoisotopic (exact) mass is 296 g/mol. The van der Waals surface area contributed by atoms with Crippen LogP contribution in [0.15, 0.2) is 30.6 Å². The van der Waals surface area contributed by atoms with Gasteiger partial charge in [-0.05, 0) is 42.0 Å². The minimum absolute atomic E-state index is 0. The maximum absolute atomic E-state index is 11.7. The Morgan fingerprint density at radius 2 is 2.30 bits per heavy atom. The van der Waals surface area contributed by atoms with Crippen LogP contribution in [0, 0.1) is 0 Å². The van der Waals surface area contributed by atoms with Crippen molar-refractivity contribution in [3.63, 3.8) is 0 Å². The van der Waals surface area contributed by atoms with E-state index in [2.05, 4.69) is 20.8 Å². The first-order chi connectivity index (χ1) is 9.15. The number of anilines is 1. The summed E-state index contributed by atoms with van der Waals surface area (Å²) in [6.45, 7) is 1.88. The average molecular weight is 297 g/mol. The van der Waals surface area contributed by atoms with Crippen LogP contribution in [0.2, 0.25) is 0 Å². The molecule has 7 nitrogen and oxygen atoms in total. The molecule has 2 rings (SSSR count). The zero-order chi connectivity index (χ0) is 13.7. The molecule has 8 heteroatoms. The first-order valence-electron chi connectivity index (χ1n) is 6.04. The van der Waals surface area contributed by atoms with E-state index in [-0.39, 0.29) is 24.4 Å². The van der Waals surface area contributed by atoms with Gasteiger partial charge in [-0.2, -0.15) is 0 Å². The Hall–Kier alpha value is -1.99. The number of nitrogens with zero attached hydrogens (tertiary/aromatic N) is 4. The lowest BCUT2D eigenvalue weighted by Crippen LogP contribution is -2.19. The van der Waals surface area contributed by atoms with E-state index >= 15 is 0 Å². The van der Waals surface area contributed by atoms with Gasteiger partial charge >= 0.3 is 0 Å². The van der Waals surface area contributed by atoms with Crippen LogP contribution in [0.4, 0.5) is 5.69 Å². The molecule has 0 aliphatic carbocycles. The highest BCUT2D eigenvalue weighted by Gasteiger charge is 2.05. The second-order valence-electron chi connectivity index (χ2n) is 4.37. The standard InChI is InChI=1S/C12H16N6O.ClH/c1-9(13)5-6-12(19)15-10-3-2-4-11(7-10)18-8-14-16-17-18;/h2-4,7-9H,5-6,13H2,1H3,(H,15,19);1H. The van der Waals surface area contributed by atoms with Crippen LogP contribution in [0.1, 0.15) is 19.8 Å². The number of carbonyl (C=O) groups excluding carboxylic acids is 1. The maximum Gasteiger partial charge on any atom is 0.224 e.